The summed E-state index contributed by atoms with van der Waals surface area (Å²) in [6.07, 6.45) is 2.37. The monoisotopic (exact) mass is 286 g/mol. The molecule has 1 aromatic carbocycles. The Hall–Kier alpha value is -0.730. The summed E-state index contributed by atoms with van der Waals surface area (Å²) in [6, 6.07) is 5.39. The van der Waals surface area contributed by atoms with Gasteiger partial charge in [0.2, 0.25) is 0 Å². The van der Waals surface area contributed by atoms with E-state index < -0.39 is 5.41 Å². The fraction of sp³-hybridized carbons (Fsp3) is 0.500. The van der Waals surface area contributed by atoms with Crippen molar-refractivity contribution < 1.29 is 9.53 Å². The topological polar surface area (TPSA) is 26.3 Å². The quantitative estimate of drug-likeness (QED) is 0.755. The summed E-state index contributed by atoms with van der Waals surface area (Å²) in [5.41, 5.74) is 0.331. The van der Waals surface area contributed by atoms with Gasteiger partial charge in [0.05, 0.1) is 21.6 Å². The lowest BCUT2D eigenvalue weighted by molar-refractivity contribution is -0.162. The van der Waals surface area contributed by atoms with Crippen molar-refractivity contribution in [2.24, 2.45) is 0 Å². The number of carbonyl (C=O) groups is 1. The van der Waals surface area contributed by atoms with Crippen LogP contribution in [0.15, 0.2) is 18.2 Å². The molecular weight excluding hydrogens is 271 g/mol. The van der Waals surface area contributed by atoms with Gasteiger partial charge in [0, 0.05) is 0 Å². The molecule has 1 aliphatic heterocycles. The van der Waals surface area contributed by atoms with Crippen LogP contribution >= 0.6 is 23.2 Å². The van der Waals surface area contributed by atoms with Crippen LogP contribution < -0.4 is 0 Å². The highest BCUT2D eigenvalue weighted by Gasteiger charge is 2.44. The van der Waals surface area contributed by atoms with Gasteiger partial charge < -0.3 is 4.74 Å². The second-order valence-corrected chi connectivity index (χ2v) is 5.63. The molecule has 0 radical (unpaired) electrons. The number of esters is 1. The first-order valence-corrected chi connectivity index (χ1v) is 6.92. The maximum Gasteiger partial charge on any atom is 0.316 e. The number of cyclic esters (lactones) is 1. The normalized spacial score (nSPS) is 28.0. The smallest absolute Gasteiger partial charge is 0.316 e. The fourth-order valence-corrected chi connectivity index (χ4v) is 2.79. The maximum atomic E-state index is 12.3. The van der Waals surface area contributed by atoms with Gasteiger partial charge in [-0.2, -0.15) is 0 Å². The minimum atomic E-state index is -0.569. The summed E-state index contributed by atoms with van der Waals surface area (Å²) in [6.45, 7) is 3.92. The van der Waals surface area contributed by atoms with E-state index >= 15 is 0 Å². The predicted octanol–water partition coefficient (Wildman–Crippen LogP) is 4.37. The van der Waals surface area contributed by atoms with E-state index in [-0.39, 0.29) is 12.1 Å². The van der Waals surface area contributed by atoms with Gasteiger partial charge >= 0.3 is 5.97 Å². The molecule has 18 heavy (non-hydrogen) atoms. The van der Waals surface area contributed by atoms with Crippen molar-refractivity contribution in [3.8, 4) is 0 Å². The third kappa shape index (κ3) is 2.24. The third-order valence-electron chi connectivity index (χ3n) is 3.75. The van der Waals surface area contributed by atoms with Crippen LogP contribution in [0.25, 0.3) is 0 Å². The van der Waals surface area contributed by atoms with Crippen molar-refractivity contribution in [1.82, 2.24) is 0 Å². The zero-order chi connectivity index (χ0) is 13.3. The van der Waals surface area contributed by atoms with Gasteiger partial charge in [-0.05, 0) is 43.9 Å². The molecule has 0 aliphatic carbocycles. The van der Waals surface area contributed by atoms with Crippen LogP contribution in [0.1, 0.15) is 38.7 Å². The average molecular weight is 287 g/mol. The van der Waals surface area contributed by atoms with E-state index in [4.69, 9.17) is 27.9 Å². The Morgan fingerprint density at radius 2 is 2.11 bits per heavy atom. The number of rotatable bonds is 2. The average Bonchev–Trinajstić information content (AvgIpc) is 2.34. The molecule has 1 aromatic rings. The van der Waals surface area contributed by atoms with E-state index in [1.807, 2.05) is 19.9 Å². The van der Waals surface area contributed by atoms with Crippen molar-refractivity contribution in [3.05, 3.63) is 33.8 Å². The van der Waals surface area contributed by atoms with Gasteiger partial charge in [0.1, 0.15) is 0 Å². The molecular formula is C14H16Cl2O2. The number of carbonyl (C=O) groups excluding carboxylic acids is 1. The summed E-state index contributed by atoms with van der Waals surface area (Å²) in [7, 11) is 0. The molecule has 0 amide bonds. The van der Waals surface area contributed by atoms with Gasteiger partial charge in [-0.25, -0.2) is 0 Å². The maximum absolute atomic E-state index is 12.3. The van der Waals surface area contributed by atoms with Crippen LogP contribution in [0, 0.1) is 0 Å². The number of hydrogen-bond acceptors (Lipinski definition) is 2. The summed E-state index contributed by atoms with van der Waals surface area (Å²) >= 11 is 12.0. The lowest BCUT2D eigenvalue weighted by Gasteiger charge is -2.37. The lowest BCUT2D eigenvalue weighted by atomic mass is 9.72. The Bertz CT molecular complexity index is 473. The van der Waals surface area contributed by atoms with Crippen molar-refractivity contribution in [2.45, 2.75) is 44.6 Å². The molecule has 1 heterocycles. The largest absolute Gasteiger partial charge is 0.462 e. The molecule has 1 fully saturated rings. The first-order chi connectivity index (χ1) is 8.49. The van der Waals surface area contributed by atoms with Gasteiger partial charge in [-0.15, -0.1) is 0 Å². The molecule has 1 saturated heterocycles. The third-order valence-corrected chi connectivity index (χ3v) is 4.49. The zero-order valence-corrected chi connectivity index (χ0v) is 12.0. The minimum Gasteiger partial charge on any atom is -0.462 e. The molecule has 2 unspecified atom stereocenters. The zero-order valence-electron chi connectivity index (χ0n) is 10.5. The summed E-state index contributed by atoms with van der Waals surface area (Å²) in [5.74, 6) is -0.151. The summed E-state index contributed by atoms with van der Waals surface area (Å²) in [5, 5.41) is 0.984. The Morgan fingerprint density at radius 3 is 2.67 bits per heavy atom. The molecule has 0 bridgehead atoms. The predicted molar refractivity (Wildman–Crippen MR) is 73.2 cm³/mol. The molecule has 0 aromatic heterocycles. The van der Waals surface area contributed by atoms with Gasteiger partial charge in [0.25, 0.3) is 0 Å². The second-order valence-electron chi connectivity index (χ2n) is 4.82. The Morgan fingerprint density at radius 1 is 1.39 bits per heavy atom. The first-order valence-electron chi connectivity index (χ1n) is 6.16. The van der Waals surface area contributed by atoms with E-state index in [0.29, 0.717) is 16.5 Å². The van der Waals surface area contributed by atoms with Crippen LogP contribution in [0.5, 0.6) is 0 Å². The Balaban J connectivity index is 2.43. The molecule has 0 spiro atoms. The van der Waals surface area contributed by atoms with Crippen LogP contribution in [-0.2, 0) is 14.9 Å². The van der Waals surface area contributed by atoms with Crippen LogP contribution in [-0.4, -0.2) is 12.1 Å². The molecule has 0 N–H and O–H groups in total. The highest BCUT2D eigenvalue weighted by molar-refractivity contribution is 6.42. The van der Waals surface area contributed by atoms with E-state index in [0.717, 1.165) is 18.4 Å². The van der Waals surface area contributed by atoms with Gasteiger partial charge in [0.15, 0.2) is 0 Å². The van der Waals surface area contributed by atoms with Crippen LogP contribution in [0.2, 0.25) is 10.0 Å². The standard InChI is InChI=1S/C14H16Cl2O2/c1-3-14(7-6-9(2)18-13(14)17)10-4-5-11(15)12(16)8-10/h4-5,8-9H,3,6-7H2,1-2H3. The molecule has 4 heteroatoms. The van der Waals surface area contributed by atoms with Gasteiger partial charge in [-0.3, -0.25) is 4.79 Å². The second kappa shape index (κ2) is 5.10. The van der Waals surface area contributed by atoms with E-state index in [9.17, 15) is 4.79 Å². The van der Waals surface area contributed by atoms with Crippen LogP contribution in [0.4, 0.5) is 0 Å². The number of hydrogen-bond donors (Lipinski definition) is 0. The Kier molecular flexibility index (Phi) is 3.88. The number of halogens is 2. The number of ether oxygens (including phenoxy) is 1. The lowest BCUT2D eigenvalue weighted by Crippen LogP contribution is -2.43. The Labute approximate surface area is 117 Å². The molecule has 2 rings (SSSR count). The highest BCUT2D eigenvalue weighted by Crippen LogP contribution is 2.40. The van der Waals surface area contributed by atoms with Crippen LogP contribution in [0.3, 0.4) is 0 Å². The molecule has 98 valence electrons. The highest BCUT2D eigenvalue weighted by atomic mass is 35.5. The molecule has 1 aliphatic rings. The first kappa shape index (κ1) is 13.7. The SMILES string of the molecule is CCC1(c2ccc(Cl)c(Cl)c2)CCC(C)OC1=O. The molecule has 2 nitrogen and oxygen atoms in total. The van der Waals surface area contributed by atoms with E-state index in [1.165, 1.54) is 0 Å². The number of benzene rings is 1. The molecule has 0 saturated carbocycles. The van der Waals surface area contributed by atoms with E-state index in [1.54, 1.807) is 12.1 Å². The minimum absolute atomic E-state index is 0.0000489. The van der Waals surface area contributed by atoms with Crippen molar-refractivity contribution in [1.29, 1.82) is 0 Å². The van der Waals surface area contributed by atoms with Gasteiger partial charge in [-0.1, -0.05) is 36.2 Å². The summed E-state index contributed by atoms with van der Waals surface area (Å²) < 4.78 is 5.40. The fourth-order valence-electron chi connectivity index (χ4n) is 2.49. The molecule has 2 atom stereocenters. The summed E-state index contributed by atoms with van der Waals surface area (Å²) in [4.78, 5) is 12.3. The van der Waals surface area contributed by atoms with E-state index in [2.05, 4.69) is 0 Å². The van der Waals surface area contributed by atoms with Crippen molar-refractivity contribution in [2.75, 3.05) is 0 Å². The van der Waals surface area contributed by atoms with Crippen molar-refractivity contribution in [3.63, 3.8) is 0 Å². The van der Waals surface area contributed by atoms with Crippen molar-refractivity contribution >= 4 is 29.2 Å².